The van der Waals surface area contributed by atoms with Crippen LogP contribution in [-0.4, -0.2) is 73.7 Å². The predicted molar refractivity (Wildman–Crippen MR) is 46.3 cm³/mol. The Morgan fingerprint density at radius 2 is 1.47 bits per heavy atom. The SMILES string of the molecule is NC(=O)[C@H](O)[C@H](O)[C@@H](O)[C@@H](O)[C@H](O)CO. The number of aliphatic hydroxyl groups is 6. The van der Waals surface area contributed by atoms with Crippen molar-refractivity contribution < 1.29 is 35.4 Å². The van der Waals surface area contributed by atoms with E-state index in [2.05, 4.69) is 5.73 Å². The summed E-state index contributed by atoms with van der Waals surface area (Å²) in [5, 5.41) is 53.6. The van der Waals surface area contributed by atoms with E-state index in [1.54, 1.807) is 0 Å². The largest absolute Gasteiger partial charge is 0.394 e. The Labute approximate surface area is 85.2 Å². The second kappa shape index (κ2) is 5.95. The van der Waals surface area contributed by atoms with Crippen LogP contribution in [0, 0.1) is 0 Å². The second-order valence-corrected chi connectivity index (χ2v) is 3.07. The van der Waals surface area contributed by atoms with Gasteiger partial charge in [0.2, 0.25) is 5.91 Å². The summed E-state index contributed by atoms with van der Waals surface area (Å²) in [4.78, 5) is 10.4. The normalized spacial score (nSPS) is 21.5. The van der Waals surface area contributed by atoms with E-state index in [0.29, 0.717) is 0 Å². The van der Waals surface area contributed by atoms with E-state index in [1.165, 1.54) is 0 Å². The van der Waals surface area contributed by atoms with Gasteiger partial charge in [-0.2, -0.15) is 0 Å². The van der Waals surface area contributed by atoms with Crippen molar-refractivity contribution in [3.8, 4) is 0 Å². The van der Waals surface area contributed by atoms with Gasteiger partial charge in [-0.3, -0.25) is 4.79 Å². The summed E-state index contributed by atoms with van der Waals surface area (Å²) in [6.07, 6.45) is -9.72. The molecule has 0 saturated heterocycles. The van der Waals surface area contributed by atoms with Crippen molar-refractivity contribution in [3.05, 3.63) is 0 Å². The van der Waals surface area contributed by atoms with E-state index in [4.69, 9.17) is 30.6 Å². The minimum atomic E-state index is -2.07. The number of amides is 1. The molecule has 0 saturated carbocycles. The van der Waals surface area contributed by atoms with Crippen molar-refractivity contribution in [2.24, 2.45) is 5.73 Å². The van der Waals surface area contributed by atoms with Crippen molar-refractivity contribution in [1.29, 1.82) is 0 Å². The summed E-state index contributed by atoms with van der Waals surface area (Å²) in [5.41, 5.74) is 4.63. The highest BCUT2D eigenvalue weighted by atomic mass is 16.4. The molecule has 0 aliphatic rings. The number of primary amides is 1. The monoisotopic (exact) mass is 225 g/mol. The van der Waals surface area contributed by atoms with Crippen LogP contribution in [0.2, 0.25) is 0 Å². The maximum Gasteiger partial charge on any atom is 0.249 e. The number of rotatable bonds is 6. The summed E-state index contributed by atoms with van der Waals surface area (Å²) in [6, 6.07) is 0. The molecule has 8 N–H and O–H groups in total. The van der Waals surface area contributed by atoms with E-state index in [9.17, 15) is 4.79 Å². The Bertz CT molecular complexity index is 212. The number of hydrogen-bond acceptors (Lipinski definition) is 7. The van der Waals surface area contributed by atoms with Crippen LogP contribution in [0.15, 0.2) is 0 Å². The summed E-state index contributed by atoms with van der Waals surface area (Å²) in [7, 11) is 0. The molecule has 8 heteroatoms. The van der Waals surface area contributed by atoms with Gasteiger partial charge in [0.1, 0.15) is 24.4 Å². The molecule has 0 heterocycles. The minimum Gasteiger partial charge on any atom is -0.394 e. The molecule has 0 aliphatic heterocycles. The van der Waals surface area contributed by atoms with Gasteiger partial charge in [-0.1, -0.05) is 0 Å². The van der Waals surface area contributed by atoms with Crippen LogP contribution in [0.3, 0.4) is 0 Å². The zero-order chi connectivity index (χ0) is 12.2. The fourth-order valence-corrected chi connectivity index (χ4v) is 0.893. The molecule has 0 spiro atoms. The lowest BCUT2D eigenvalue weighted by atomic mass is 9.99. The van der Waals surface area contributed by atoms with Crippen LogP contribution < -0.4 is 5.73 Å². The van der Waals surface area contributed by atoms with Crippen molar-refractivity contribution in [1.82, 2.24) is 0 Å². The molecule has 0 fully saturated rings. The fourth-order valence-electron chi connectivity index (χ4n) is 0.893. The number of nitrogens with two attached hydrogens (primary N) is 1. The molecule has 90 valence electrons. The maximum atomic E-state index is 10.4. The van der Waals surface area contributed by atoms with Crippen LogP contribution in [-0.2, 0) is 4.79 Å². The first-order chi connectivity index (χ1) is 6.82. The van der Waals surface area contributed by atoms with E-state index in [0.717, 1.165) is 0 Å². The van der Waals surface area contributed by atoms with Gasteiger partial charge in [-0.15, -0.1) is 0 Å². The lowest BCUT2D eigenvalue weighted by Crippen LogP contribution is -2.53. The molecule has 0 rings (SSSR count). The minimum absolute atomic E-state index is 0.850. The number of aliphatic hydroxyl groups excluding tert-OH is 6. The van der Waals surface area contributed by atoms with Gasteiger partial charge in [0, 0.05) is 0 Å². The van der Waals surface area contributed by atoms with Crippen LogP contribution in [0.25, 0.3) is 0 Å². The maximum absolute atomic E-state index is 10.4. The lowest BCUT2D eigenvalue weighted by Gasteiger charge is -2.27. The van der Waals surface area contributed by atoms with E-state index in [1.807, 2.05) is 0 Å². The summed E-state index contributed by atoms with van der Waals surface area (Å²) >= 11 is 0. The molecule has 15 heavy (non-hydrogen) atoms. The average Bonchev–Trinajstić information content (AvgIpc) is 2.23. The first-order valence-corrected chi connectivity index (χ1v) is 4.13. The van der Waals surface area contributed by atoms with E-state index >= 15 is 0 Å². The highest BCUT2D eigenvalue weighted by Gasteiger charge is 2.36. The highest BCUT2D eigenvalue weighted by molar-refractivity contribution is 5.79. The van der Waals surface area contributed by atoms with Crippen LogP contribution >= 0.6 is 0 Å². The summed E-state index contributed by atoms with van der Waals surface area (Å²) < 4.78 is 0. The predicted octanol–water partition coefficient (Wildman–Crippen LogP) is -4.73. The Morgan fingerprint density at radius 1 is 1.00 bits per heavy atom. The van der Waals surface area contributed by atoms with E-state index in [-0.39, 0.29) is 0 Å². The van der Waals surface area contributed by atoms with Crippen LogP contribution in [0.5, 0.6) is 0 Å². The first-order valence-electron chi connectivity index (χ1n) is 4.13. The molecule has 1 amide bonds. The molecule has 0 radical (unpaired) electrons. The third kappa shape index (κ3) is 3.70. The number of hydrogen-bond donors (Lipinski definition) is 7. The molecule has 0 aromatic rings. The van der Waals surface area contributed by atoms with Gasteiger partial charge in [0.15, 0.2) is 6.10 Å². The summed E-state index contributed by atoms with van der Waals surface area (Å²) in [5.74, 6) is -1.28. The zero-order valence-electron chi connectivity index (χ0n) is 7.76. The van der Waals surface area contributed by atoms with Crippen molar-refractivity contribution >= 4 is 5.91 Å². The molecule has 5 atom stereocenters. The van der Waals surface area contributed by atoms with Gasteiger partial charge < -0.3 is 36.4 Å². The Hall–Kier alpha value is -0.770. The fraction of sp³-hybridized carbons (Fsp3) is 0.857. The molecule has 0 aliphatic carbocycles. The lowest BCUT2D eigenvalue weighted by molar-refractivity contribution is -0.154. The van der Waals surface area contributed by atoms with Crippen molar-refractivity contribution in [3.63, 3.8) is 0 Å². The van der Waals surface area contributed by atoms with Gasteiger partial charge in [-0.25, -0.2) is 0 Å². The topological polar surface area (TPSA) is 164 Å². The quantitative estimate of drug-likeness (QED) is 0.238. The Kier molecular flexibility index (Phi) is 5.65. The Balaban J connectivity index is 4.42. The molecular formula is C7H15NO7. The van der Waals surface area contributed by atoms with Gasteiger partial charge in [0.25, 0.3) is 0 Å². The van der Waals surface area contributed by atoms with Gasteiger partial charge in [-0.05, 0) is 0 Å². The van der Waals surface area contributed by atoms with Crippen LogP contribution in [0.1, 0.15) is 0 Å². The number of carbonyl (C=O) groups is 1. The smallest absolute Gasteiger partial charge is 0.249 e. The molecule has 0 bridgehead atoms. The zero-order valence-corrected chi connectivity index (χ0v) is 7.76. The molecule has 0 aromatic heterocycles. The highest BCUT2D eigenvalue weighted by Crippen LogP contribution is 2.08. The van der Waals surface area contributed by atoms with Crippen molar-refractivity contribution in [2.45, 2.75) is 30.5 Å². The standard InChI is InChI=1S/C7H15NO7/c8-7(15)6(14)5(13)4(12)3(11)2(10)1-9/h2-6,9-14H,1H2,(H2,8,15)/t2-,3+,4+,5-,6-/m1/s1. The van der Waals surface area contributed by atoms with Gasteiger partial charge >= 0.3 is 0 Å². The molecule has 0 aromatic carbocycles. The van der Waals surface area contributed by atoms with Crippen molar-refractivity contribution in [2.75, 3.05) is 6.61 Å². The van der Waals surface area contributed by atoms with E-state index < -0.39 is 43.0 Å². The second-order valence-electron chi connectivity index (χ2n) is 3.07. The van der Waals surface area contributed by atoms with Gasteiger partial charge in [0.05, 0.1) is 6.61 Å². The molecular weight excluding hydrogens is 210 g/mol. The van der Waals surface area contributed by atoms with Crippen LogP contribution in [0.4, 0.5) is 0 Å². The molecule has 0 unspecified atom stereocenters. The Morgan fingerprint density at radius 3 is 1.80 bits per heavy atom. The average molecular weight is 225 g/mol. The summed E-state index contributed by atoms with van der Waals surface area (Å²) in [6.45, 7) is -0.850. The third-order valence-electron chi connectivity index (χ3n) is 1.90. The molecule has 8 nitrogen and oxygen atoms in total. The number of carbonyl (C=O) groups excluding carboxylic acids is 1. The third-order valence-corrected chi connectivity index (χ3v) is 1.90. The first kappa shape index (κ1) is 14.2.